The van der Waals surface area contributed by atoms with Gasteiger partial charge in [-0.1, -0.05) is 6.92 Å². The van der Waals surface area contributed by atoms with Crippen LogP contribution in [0.1, 0.15) is 19.8 Å². The van der Waals surface area contributed by atoms with Gasteiger partial charge in [-0.3, -0.25) is 0 Å². The second kappa shape index (κ2) is 6.96. The van der Waals surface area contributed by atoms with Crippen molar-refractivity contribution in [2.45, 2.75) is 19.8 Å². The van der Waals surface area contributed by atoms with Crippen LogP contribution in [-0.4, -0.2) is 24.9 Å². The zero-order valence-corrected chi connectivity index (χ0v) is 11.4. The summed E-state index contributed by atoms with van der Waals surface area (Å²) in [7, 11) is 0. The van der Waals surface area contributed by atoms with Crippen molar-refractivity contribution in [2.24, 2.45) is 0 Å². The summed E-state index contributed by atoms with van der Waals surface area (Å²) >= 11 is 0. The summed E-state index contributed by atoms with van der Waals surface area (Å²) in [4.78, 5) is 11.2. The number of hydrogen-bond donors (Lipinski definition) is 1. The maximum absolute atomic E-state index is 11.2. The van der Waals surface area contributed by atoms with Crippen LogP contribution in [0.5, 0.6) is 11.5 Å². The molecule has 2 aromatic rings. The largest absolute Gasteiger partial charge is 0.490 e. The van der Waals surface area contributed by atoms with Crippen molar-refractivity contribution in [1.29, 1.82) is 0 Å². The molecule has 5 nitrogen and oxygen atoms in total. The van der Waals surface area contributed by atoms with E-state index in [9.17, 15) is 4.79 Å². The van der Waals surface area contributed by atoms with Crippen molar-refractivity contribution in [3.8, 4) is 11.5 Å². The average molecular weight is 278 g/mol. The minimum absolute atomic E-state index is 0.0633. The normalized spacial score (nSPS) is 10.7. The second-order valence-electron chi connectivity index (χ2n) is 4.37. The maximum atomic E-state index is 11.2. The molecule has 0 saturated carbocycles. The predicted octanol–water partition coefficient (Wildman–Crippen LogP) is 2.34. The van der Waals surface area contributed by atoms with Gasteiger partial charge >= 0.3 is 5.63 Å². The van der Waals surface area contributed by atoms with Gasteiger partial charge in [-0.2, -0.15) is 0 Å². The third-order valence-electron chi connectivity index (χ3n) is 2.71. The van der Waals surface area contributed by atoms with Gasteiger partial charge in [-0.05, 0) is 18.6 Å². The molecular formula is C15H18O5. The van der Waals surface area contributed by atoms with Crippen LogP contribution >= 0.6 is 0 Å². The smallest absolute Gasteiger partial charge is 0.336 e. The average Bonchev–Trinajstić information content (AvgIpc) is 2.45. The van der Waals surface area contributed by atoms with Gasteiger partial charge in [0.05, 0.1) is 13.2 Å². The minimum Gasteiger partial charge on any atom is -0.490 e. The number of rotatable bonds is 7. The fourth-order valence-electron chi connectivity index (χ4n) is 1.76. The van der Waals surface area contributed by atoms with Crippen LogP contribution in [0, 0.1) is 0 Å². The molecule has 1 N–H and O–H groups in total. The number of fused-ring (bicyclic) bond motifs is 1. The Morgan fingerprint density at radius 2 is 1.90 bits per heavy atom. The maximum Gasteiger partial charge on any atom is 0.336 e. The lowest BCUT2D eigenvalue weighted by Gasteiger charge is -2.13. The Morgan fingerprint density at radius 3 is 2.65 bits per heavy atom. The lowest BCUT2D eigenvalue weighted by Crippen LogP contribution is -2.04. The van der Waals surface area contributed by atoms with E-state index >= 15 is 0 Å². The lowest BCUT2D eigenvalue weighted by molar-refractivity contribution is 0.223. The number of ether oxygens (including phenoxy) is 2. The Morgan fingerprint density at radius 1 is 1.15 bits per heavy atom. The summed E-state index contributed by atoms with van der Waals surface area (Å²) < 4.78 is 16.4. The van der Waals surface area contributed by atoms with Gasteiger partial charge in [0, 0.05) is 30.5 Å². The fraction of sp³-hybridized carbons (Fsp3) is 0.400. The number of aliphatic hydroxyl groups is 1. The van der Waals surface area contributed by atoms with E-state index in [0.29, 0.717) is 36.7 Å². The Hall–Kier alpha value is -2.01. The first kappa shape index (κ1) is 14.4. The Labute approximate surface area is 116 Å². The first-order chi connectivity index (χ1) is 9.74. The van der Waals surface area contributed by atoms with Crippen LogP contribution in [0.2, 0.25) is 0 Å². The van der Waals surface area contributed by atoms with Gasteiger partial charge in [-0.15, -0.1) is 0 Å². The molecule has 0 aliphatic heterocycles. The van der Waals surface area contributed by atoms with Gasteiger partial charge in [0.1, 0.15) is 5.58 Å². The zero-order valence-electron chi connectivity index (χ0n) is 11.4. The molecule has 20 heavy (non-hydrogen) atoms. The molecule has 0 aliphatic carbocycles. The summed E-state index contributed by atoms with van der Waals surface area (Å²) in [6.07, 6.45) is 1.42. The van der Waals surface area contributed by atoms with E-state index in [-0.39, 0.29) is 6.61 Å². The number of hydrogen-bond acceptors (Lipinski definition) is 5. The molecule has 1 aromatic carbocycles. The van der Waals surface area contributed by atoms with Crippen LogP contribution in [0.3, 0.4) is 0 Å². The van der Waals surface area contributed by atoms with E-state index in [1.165, 1.54) is 6.07 Å². The Kier molecular flexibility index (Phi) is 5.01. The van der Waals surface area contributed by atoms with Crippen LogP contribution in [0.4, 0.5) is 0 Å². The van der Waals surface area contributed by atoms with Crippen molar-refractivity contribution in [3.05, 3.63) is 34.7 Å². The molecule has 1 aromatic heterocycles. The number of benzene rings is 1. The van der Waals surface area contributed by atoms with Crippen LogP contribution in [0.15, 0.2) is 33.5 Å². The van der Waals surface area contributed by atoms with E-state index in [4.69, 9.17) is 19.0 Å². The van der Waals surface area contributed by atoms with Crippen molar-refractivity contribution >= 4 is 11.0 Å². The molecule has 0 saturated heterocycles. The molecule has 0 spiro atoms. The monoisotopic (exact) mass is 278 g/mol. The van der Waals surface area contributed by atoms with E-state index in [1.54, 1.807) is 18.2 Å². The second-order valence-corrected chi connectivity index (χ2v) is 4.37. The Bertz CT molecular complexity index is 617. The van der Waals surface area contributed by atoms with Crippen LogP contribution in [-0.2, 0) is 0 Å². The quantitative estimate of drug-likeness (QED) is 0.622. The molecule has 2 rings (SSSR count). The fourth-order valence-corrected chi connectivity index (χ4v) is 1.76. The summed E-state index contributed by atoms with van der Waals surface area (Å²) in [6.45, 7) is 3.04. The number of aliphatic hydroxyl groups excluding tert-OH is 1. The molecule has 0 radical (unpaired) electrons. The van der Waals surface area contributed by atoms with Gasteiger partial charge in [0.15, 0.2) is 11.5 Å². The van der Waals surface area contributed by atoms with E-state index < -0.39 is 5.63 Å². The Balaban J connectivity index is 2.35. The molecule has 1 heterocycles. The topological polar surface area (TPSA) is 68.9 Å². The molecule has 0 aliphatic rings. The summed E-state index contributed by atoms with van der Waals surface area (Å²) in [5, 5.41) is 9.57. The van der Waals surface area contributed by atoms with Crippen LogP contribution < -0.4 is 15.1 Å². The van der Waals surface area contributed by atoms with Gasteiger partial charge < -0.3 is 19.0 Å². The molecule has 5 heteroatoms. The van der Waals surface area contributed by atoms with E-state index in [1.807, 2.05) is 6.92 Å². The third kappa shape index (κ3) is 3.51. The zero-order chi connectivity index (χ0) is 14.4. The first-order valence-corrected chi connectivity index (χ1v) is 6.69. The van der Waals surface area contributed by atoms with Crippen molar-refractivity contribution < 1.29 is 19.0 Å². The molecule has 0 atom stereocenters. The van der Waals surface area contributed by atoms with Gasteiger partial charge in [0.25, 0.3) is 0 Å². The van der Waals surface area contributed by atoms with Crippen LogP contribution in [0.25, 0.3) is 11.0 Å². The highest BCUT2D eigenvalue weighted by Crippen LogP contribution is 2.32. The van der Waals surface area contributed by atoms with E-state index in [0.717, 1.165) is 11.8 Å². The predicted molar refractivity (Wildman–Crippen MR) is 75.5 cm³/mol. The highest BCUT2D eigenvalue weighted by Gasteiger charge is 2.09. The molecular weight excluding hydrogens is 260 g/mol. The summed E-state index contributed by atoms with van der Waals surface area (Å²) in [6, 6.07) is 6.51. The third-order valence-corrected chi connectivity index (χ3v) is 2.71. The molecule has 0 unspecified atom stereocenters. The highest BCUT2D eigenvalue weighted by molar-refractivity contribution is 5.80. The minimum atomic E-state index is -0.402. The van der Waals surface area contributed by atoms with Gasteiger partial charge in [0.2, 0.25) is 0 Å². The van der Waals surface area contributed by atoms with Crippen molar-refractivity contribution in [3.63, 3.8) is 0 Å². The summed E-state index contributed by atoms with van der Waals surface area (Å²) in [5.41, 5.74) is 0.0568. The molecule has 0 bridgehead atoms. The van der Waals surface area contributed by atoms with Crippen molar-refractivity contribution in [2.75, 3.05) is 19.8 Å². The summed E-state index contributed by atoms with van der Waals surface area (Å²) in [5.74, 6) is 1.14. The molecule has 0 fully saturated rings. The van der Waals surface area contributed by atoms with Gasteiger partial charge in [-0.25, -0.2) is 4.79 Å². The lowest BCUT2D eigenvalue weighted by atomic mass is 10.2. The molecule has 108 valence electrons. The SMILES string of the molecule is CCCOc1cc2ccc(=O)oc2cc1OCCCO. The first-order valence-electron chi connectivity index (χ1n) is 6.69. The molecule has 0 amide bonds. The van der Waals surface area contributed by atoms with E-state index in [2.05, 4.69) is 0 Å². The van der Waals surface area contributed by atoms with Crippen molar-refractivity contribution in [1.82, 2.24) is 0 Å². The highest BCUT2D eigenvalue weighted by atomic mass is 16.5. The standard InChI is InChI=1S/C15H18O5/c1-2-7-18-13-9-11-4-5-15(17)20-12(11)10-14(13)19-8-3-6-16/h4-5,9-10,16H,2-3,6-8H2,1H3.